The standard InChI is InChI=1S/C16H17NO6/c1-21-8-9-22-12-4-2-11(3-5-12)15(18)17-10-13-6-7-14(23-13)16(19)20/h2-7H,8-10H2,1H3,(H,17,18)(H,19,20). The average molecular weight is 319 g/mol. The van der Waals surface area contributed by atoms with Gasteiger partial charge in [0.05, 0.1) is 13.2 Å². The Bertz CT molecular complexity index is 661. The van der Waals surface area contributed by atoms with Crippen LogP contribution >= 0.6 is 0 Å². The lowest BCUT2D eigenvalue weighted by Gasteiger charge is -2.07. The van der Waals surface area contributed by atoms with Crippen molar-refractivity contribution in [1.82, 2.24) is 5.32 Å². The number of carbonyl (C=O) groups excluding carboxylic acids is 1. The summed E-state index contributed by atoms with van der Waals surface area (Å²) in [7, 11) is 1.59. The zero-order valence-corrected chi connectivity index (χ0v) is 12.6. The number of carboxylic acids is 1. The Morgan fingerprint density at radius 3 is 2.48 bits per heavy atom. The third kappa shape index (κ3) is 4.86. The van der Waals surface area contributed by atoms with Crippen LogP contribution in [0.5, 0.6) is 5.75 Å². The molecule has 1 amide bonds. The number of furan rings is 1. The van der Waals surface area contributed by atoms with E-state index < -0.39 is 5.97 Å². The van der Waals surface area contributed by atoms with E-state index >= 15 is 0 Å². The van der Waals surface area contributed by atoms with E-state index in [1.807, 2.05) is 0 Å². The molecule has 23 heavy (non-hydrogen) atoms. The summed E-state index contributed by atoms with van der Waals surface area (Å²) in [6.45, 7) is 1.04. The maximum absolute atomic E-state index is 12.0. The van der Waals surface area contributed by atoms with Crippen molar-refractivity contribution in [2.24, 2.45) is 0 Å². The first-order valence-corrected chi connectivity index (χ1v) is 6.92. The lowest BCUT2D eigenvalue weighted by Crippen LogP contribution is -2.22. The molecule has 1 aromatic carbocycles. The second-order valence-corrected chi connectivity index (χ2v) is 4.62. The molecule has 1 heterocycles. The summed E-state index contributed by atoms with van der Waals surface area (Å²) in [4.78, 5) is 22.7. The third-order valence-corrected chi connectivity index (χ3v) is 2.97. The summed E-state index contributed by atoms with van der Waals surface area (Å²) in [5.74, 6) is -0.578. The molecule has 2 aromatic rings. The molecule has 2 N–H and O–H groups in total. The Hall–Kier alpha value is -2.80. The molecule has 0 aliphatic heterocycles. The van der Waals surface area contributed by atoms with E-state index in [-0.39, 0.29) is 18.2 Å². The van der Waals surface area contributed by atoms with Crippen LogP contribution in [0.4, 0.5) is 0 Å². The number of hydrogen-bond acceptors (Lipinski definition) is 5. The van der Waals surface area contributed by atoms with E-state index in [0.29, 0.717) is 30.3 Å². The molecule has 0 radical (unpaired) electrons. The highest BCUT2D eigenvalue weighted by molar-refractivity contribution is 5.94. The first kappa shape index (κ1) is 16.6. The average Bonchev–Trinajstić information content (AvgIpc) is 3.03. The van der Waals surface area contributed by atoms with Gasteiger partial charge in [-0.05, 0) is 36.4 Å². The number of methoxy groups -OCH3 is 1. The van der Waals surface area contributed by atoms with E-state index in [1.54, 1.807) is 31.4 Å². The van der Waals surface area contributed by atoms with Gasteiger partial charge < -0.3 is 24.3 Å². The van der Waals surface area contributed by atoms with Gasteiger partial charge in [0.1, 0.15) is 18.1 Å². The number of aromatic carboxylic acids is 1. The summed E-state index contributed by atoms with van der Waals surface area (Å²) in [6, 6.07) is 9.52. The van der Waals surface area contributed by atoms with Gasteiger partial charge in [-0.2, -0.15) is 0 Å². The van der Waals surface area contributed by atoms with Crippen molar-refractivity contribution in [1.29, 1.82) is 0 Å². The summed E-state index contributed by atoms with van der Waals surface area (Å²) >= 11 is 0. The van der Waals surface area contributed by atoms with Crippen molar-refractivity contribution in [2.45, 2.75) is 6.54 Å². The molecule has 0 unspecified atom stereocenters. The molecule has 0 bridgehead atoms. The number of ether oxygens (including phenoxy) is 2. The Balaban J connectivity index is 1.86. The highest BCUT2D eigenvalue weighted by Gasteiger charge is 2.10. The van der Waals surface area contributed by atoms with Crippen molar-refractivity contribution in [3.8, 4) is 5.75 Å². The normalized spacial score (nSPS) is 10.3. The van der Waals surface area contributed by atoms with Gasteiger partial charge in [0.25, 0.3) is 5.91 Å². The van der Waals surface area contributed by atoms with Gasteiger partial charge in [0.2, 0.25) is 5.76 Å². The molecule has 0 saturated heterocycles. The summed E-state index contributed by atoms with van der Waals surface area (Å²) in [6.07, 6.45) is 0. The minimum atomic E-state index is -1.15. The molecule has 7 heteroatoms. The van der Waals surface area contributed by atoms with Crippen molar-refractivity contribution in [3.05, 3.63) is 53.5 Å². The molecule has 0 aliphatic rings. The molecule has 0 aliphatic carbocycles. The first-order chi connectivity index (χ1) is 11.1. The van der Waals surface area contributed by atoms with E-state index in [4.69, 9.17) is 19.0 Å². The Labute approximate surface area is 132 Å². The highest BCUT2D eigenvalue weighted by Crippen LogP contribution is 2.13. The van der Waals surface area contributed by atoms with E-state index in [9.17, 15) is 9.59 Å². The smallest absolute Gasteiger partial charge is 0.371 e. The van der Waals surface area contributed by atoms with Crippen LogP contribution in [0.3, 0.4) is 0 Å². The molecule has 122 valence electrons. The summed E-state index contributed by atoms with van der Waals surface area (Å²) in [5.41, 5.74) is 0.467. The van der Waals surface area contributed by atoms with Crippen LogP contribution in [0.1, 0.15) is 26.7 Å². The number of carboxylic acid groups (broad SMARTS) is 1. The van der Waals surface area contributed by atoms with Gasteiger partial charge in [-0.25, -0.2) is 4.79 Å². The van der Waals surface area contributed by atoms with Gasteiger partial charge in [-0.3, -0.25) is 4.79 Å². The zero-order valence-electron chi connectivity index (χ0n) is 12.6. The van der Waals surface area contributed by atoms with Crippen LogP contribution in [0, 0.1) is 0 Å². The molecule has 0 atom stereocenters. The number of rotatable bonds is 8. The SMILES string of the molecule is COCCOc1ccc(C(=O)NCc2ccc(C(=O)O)o2)cc1. The van der Waals surface area contributed by atoms with Crippen LogP contribution in [0.2, 0.25) is 0 Å². The molecule has 7 nitrogen and oxygen atoms in total. The second kappa shape index (κ2) is 8.00. The predicted octanol–water partition coefficient (Wildman–Crippen LogP) is 1.93. The van der Waals surface area contributed by atoms with Gasteiger partial charge in [-0.15, -0.1) is 0 Å². The molecule has 0 spiro atoms. The van der Waals surface area contributed by atoms with E-state index in [2.05, 4.69) is 5.32 Å². The van der Waals surface area contributed by atoms with Gasteiger partial charge in [0.15, 0.2) is 0 Å². The van der Waals surface area contributed by atoms with Crippen LogP contribution < -0.4 is 10.1 Å². The van der Waals surface area contributed by atoms with E-state index in [1.165, 1.54) is 12.1 Å². The van der Waals surface area contributed by atoms with Crippen molar-refractivity contribution in [3.63, 3.8) is 0 Å². The lowest BCUT2D eigenvalue weighted by atomic mass is 10.2. The molecule has 0 fully saturated rings. The third-order valence-electron chi connectivity index (χ3n) is 2.97. The number of nitrogens with one attached hydrogen (secondary N) is 1. The van der Waals surface area contributed by atoms with Crippen LogP contribution in [-0.4, -0.2) is 37.3 Å². The highest BCUT2D eigenvalue weighted by atomic mass is 16.5. The van der Waals surface area contributed by atoms with Gasteiger partial charge >= 0.3 is 5.97 Å². The summed E-state index contributed by atoms with van der Waals surface area (Å²) < 4.78 is 15.3. The van der Waals surface area contributed by atoms with Crippen LogP contribution in [0.15, 0.2) is 40.8 Å². The number of benzene rings is 1. The minimum absolute atomic E-state index is 0.109. The van der Waals surface area contributed by atoms with Crippen LogP contribution in [0.25, 0.3) is 0 Å². The van der Waals surface area contributed by atoms with Gasteiger partial charge in [0, 0.05) is 12.7 Å². The summed E-state index contributed by atoms with van der Waals surface area (Å²) in [5, 5.41) is 11.4. The lowest BCUT2D eigenvalue weighted by molar-refractivity contribution is 0.0660. The Morgan fingerprint density at radius 2 is 1.87 bits per heavy atom. The maximum atomic E-state index is 12.0. The first-order valence-electron chi connectivity index (χ1n) is 6.92. The largest absolute Gasteiger partial charge is 0.491 e. The second-order valence-electron chi connectivity index (χ2n) is 4.62. The fraction of sp³-hybridized carbons (Fsp3) is 0.250. The molecule has 1 aromatic heterocycles. The molecular formula is C16H17NO6. The molecular weight excluding hydrogens is 302 g/mol. The predicted molar refractivity (Wildman–Crippen MR) is 80.7 cm³/mol. The molecule has 2 rings (SSSR count). The monoisotopic (exact) mass is 319 g/mol. The molecule has 0 saturated carbocycles. The van der Waals surface area contributed by atoms with Crippen molar-refractivity contribution >= 4 is 11.9 Å². The fourth-order valence-corrected chi connectivity index (χ4v) is 1.80. The van der Waals surface area contributed by atoms with Crippen LogP contribution in [-0.2, 0) is 11.3 Å². The Kier molecular flexibility index (Phi) is 5.76. The maximum Gasteiger partial charge on any atom is 0.371 e. The quantitative estimate of drug-likeness (QED) is 0.722. The van der Waals surface area contributed by atoms with Crippen molar-refractivity contribution < 1.29 is 28.6 Å². The minimum Gasteiger partial charge on any atom is -0.491 e. The number of carbonyl (C=O) groups is 2. The Morgan fingerprint density at radius 1 is 1.13 bits per heavy atom. The zero-order chi connectivity index (χ0) is 16.7. The van der Waals surface area contributed by atoms with Gasteiger partial charge in [-0.1, -0.05) is 0 Å². The fourth-order valence-electron chi connectivity index (χ4n) is 1.80. The van der Waals surface area contributed by atoms with E-state index in [0.717, 1.165) is 0 Å². The topological polar surface area (TPSA) is 98.0 Å². The number of amides is 1. The van der Waals surface area contributed by atoms with Crippen molar-refractivity contribution in [2.75, 3.05) is 20.3 Å². The number of hydrogen-bond donors (Lipinski definition) is 2.